The smallest absolute Gasteiger partial charge is 0.354 e. The summed E-state index contributed by atoms with van der Waals surface area (Å²) in [6.07, 6.45) is 0.488. The average Bonchev–Trinajstić information content (AvgIpc) is 2.46. The summed E-state index contributed by atoms with van der Waals surface area (Å²) < 4.78 is 10.4. The Morgan fingerprint density at radius 1 is 1.24 bits per heavy atom. The number of hydrogen-bond acceptors (Lipinski definition) is 5. The monoisotopic (exact) mass is 330 g/mol. The van der Waals surface area contributed by atoms with E-state index in [1.54, 1.807) is 18.2 Å². The van der Waals surface area contributed by atoms with E-state index in [4.69, 9.17) is 32.7 Å². The van der Waals surface area contributed by atoms with E-state index in [0.717, 1.165) is 0 Å². The first-order chi connectivity index (χ1) is 10.1. The third-order valence-electron chi connectivity index (χ3n) is 2.62. The maximum atomic E-state index is 11.6. The van der Waals surface area contributed by atoms with Crippen molar-refractivity contribution in [3.8, 4) is 5.75 Å². The number of halogens is 2. The molecule has 0 unspecified atom stereocenters. The van der Waals surface area contributed by atoms with Gasteiger partial charge in [-0.3, -0.25) is 4.79 Å². The molecule has 1 N–H and O–H groups in total. The van der Waals surface area contributed by atoms with Gasteiger partial charge in [0.25, 0.3) is 0 Å². The highest BCUT2D eigenvalue weighted by Crippen LogP contribution is 2.32. The van der Waals surface area contributed by atoms with Gasteiger partial charge in [0.2, 0.25) is 5.91 Å². The van der Waals surface area contributed by atoms with E-state index in [2.05, 4.69) is 10.5 Å². The topological polar surface area (TPSA) is 77.0 Å². The van der Waals surface area contributed by atoms with Crippen molar-refractivity contribution >= 4 is 40.8 Å². The van der Waals surface area contributed by atoms with Crippen LogP contribution in [0.4, 0.5) is 0 Å². The van der Waals surface area contributed by atoms with E-state index in [-0.39, 0.29) is 37.7 Å². The summed E-state index contributed by atoms with van der Waals surface area (Å²) in [7, 11) is 0. The Bertz CT molecular complexity index is 569. The number of ether oxygens (including phenoxy) is 2. The summed E-state index contributed by atoms with van der Waals surface area (Å²) >= 11 is 11.9. The quantitative estimate of drug-likeness (QED) is 0.663. The van der Waals surface area contributed by atoms with Crippen LogP contribution in [0.5, 0.6) is 5.75 Å². The SMILES string of the molecule is O=C1CCC(C(=O)OCCOc2c(Cl)cccc2Cl)=NN1. The Hall–Kier alpha value is -1.79. The molecule has 2 rings (SSSR count). The van der Waals surface area contributed by atoms with Crippen molar-refractivity contribution in [1.29, 1.82) is 0 Å². The molecule has 6 nitrogen and oxygen atoms in total. The first-order valence-electron chi connectivity index (χ1n) is 6.17. The van der Waals surface area contributed by atoms with Gasteiger partial charge in [0.05, 0.1) is 10.0 Å². The molecule has 0 atom stereocenters. The minimum absolute atomic E-state index is 0.0212. The van der Waals surface area contributed by atoms with Crippen LogP contribution in [0.1, 0.15) is 12.8 Å². The summed E-state index contributed by atoms with van der Waals surface area (Å²) in [5, 5.41) is 4.40. The van der Waals surface area contributed by atoms with E-state index in [0.29, 0.717) is 15.8 Å². The zero-order valence-corrected chi connectivity index (χ0v) is 12.4. The fourth-order valence-corrected chi connectivity index (χ4v) is 2.11. The van der Waals surface area contributed by atoms with Crippen molar-refractivity contribution in [3.63, 3.8) is 0 Å². The van der Waals surface area contributed by atoms with Gasteiger partial charge in [0, 0.05) is 12.8 Å². The van der Waals surface area contributed by atoms with Crippen molar-refractivity contribution in [3.05, 3.63) is 28.2 Å². The second-order valence-corrected chi connectivity index (χ2v) is 4.94. The lowest BCUT2D eigenvalue weighted by atomic mass is 10.2. The Labute approximate surface area is 131 Å². The Kier molecular flexibility index (Phi) is 5.41. The molecule has 0 fully saturated rings. The van der Waals surface area contributed by atoms with Gasteiger partial charge < -0.3 is 9.47 Å². The van der Waals surface area contributed by atoms with E-state index in [9.17, 15) is 9.59 Å². The van der Waals surface area contributed by atoms with Crippen LogP contribution >= 0.6 is 23.2 Å². The van der Waals surface area contributed by atoms with Gasteiger partial charge in [-0.15, -0.1) is 0 Å². The molecule has 112 valence electrons. The number of carbonyl (C=O) groups excluding carboxylic acids is 2. The summed E-state index contributed by atoms with van der Waals surface area (Å²) in [5.74, 6) is -0.453. The molecule has 0 bridgehead atoms. The summed E-state index contributed by atoms with van der Waals surface area (Å²) in [6, 6.07) is 5.00. The lowest BCUT2D eigenvalue weighted by molar-refractivity contribution is -0.136. The maximum Gasteiger partial charge on any atom is 0.354 e. The molecule has 0 saturated carbocycles. The van der Waals surface area contributed by atoms with Gasteiger partial charge in [-0.05, 0) is 12.1 Å². The molecule has 0 radical (unpaired) electrons. The van der Waals surface area contributed by atoms with Crippen LogP contribution in [-0.2, 0) is 14.3 Å². The van der Waals surface area contributed by atoms with E-state index < -0.39 is 5.97 Å². The Morgan fingerprint density at radius 3 is 2.57 bits per heavy atom. The van der Waals surface area contributed by atoms with Crippen LogP contribution in [-0.4, -0.2) is 30.8 Å². The van der Waals surface area contributed by atoms with Gasteiger partial charge >= 0.3 is 5.97 Å². The molecule has 21 heavy (non-hydrogen) atoms. The fraction of sp³-hybridized carbons (Fsp3) is 0.308. The van der Waals surface area contributed by atoms with Crippen molar-refractivity contribution in [2.45, 2.75) is 12.8 Å². The molecule has 1 aromatic carbocycles. The highest BCUT2D eigenvalue weighted by molar-refractivity contribution is 6.37. The van der Waals surface area contributed by atoms with Crippen LogP contribution in [0, 0.1) is 0 Å². The molecule has 0 spiro atoms. The Morgan fingerprint density at radius 2 is 1.95 bits per heavy atom. The minimum Gasteiger partial charge on any atom is -0.487 e. The van der Waals surface area contributed by atoms with Crippen LogP contribution < -0.4 is 10.2 Å². The zero-order chi connectivity index (χ0) is 15.2. The van der Waals surface area contributed by atoms with Crippen molar-refractivity contribution in [1.82, 2.24) is 5.43 Å². The molecule has 1 amide bonds. The normalized spacial score (nSPS) is 14.2. The minimum atomic E-state index is -0.580. The van der Waals surface area contributed by atoms with Crippen molar-refractivity contribution in [2.24, 2.45) is 5.10 Å². The number of hydrazone groups is 1. The number of rotatable bonds is 5. The highest BCUT2D eigenvalue weighted by atomic mass is 35.5. The molecular formula is C13H12Cl2N2O4. The molecular weight excluding hydrogens is 319 g/mol. The number of benzene rings is 1. The Balaban J connectivity index is 1.77. The number of para-hydroxylation sites is 1. The first kappa shape index (κ1) is 15.6. The van der Waals surface area contributed by atoms with E-state index >= 15 is 0 Å². The maximum absolute atomic E-state index is 11.6. The lowest BCUT2D eigenvalue weighted by Crippen LogP contribution is -2.31. The summed E-state index contributed by atoms with van der Waals surface area (Å²) in [4.78, 5) is 22.5. The third-order valence-corrected chi connectivity index (χ3v) is 3.22. The standard InChI is InChI=1S/C13H12Cl2N2O4/c14-8-2-1-3-9(15)12(8)20-6-7-21-13(19)10-4-5-11(18)17-16-10/h1-3H,4-7H2,(H,17,18). The predicted octanol–water partition coefficient (Wildman–Crippen LogP) is 2.18. The second kappa shape index (κ2) is 7.28. The van der Waals surface area contributed by atoms with Crippen molar-refractivity contribution in [2.75, 3.05) is 13.2 Å². The third kappa shape index (κ3) is 4.34. The first-order valence-corrected chi connectivity index (χ1v) is 6.93. The number of carbonyl (C=O) groups is 2. The molecule has 1 aromatic rings. The fourth-order valence-electron chi connectivity index (χ4n) is 1.60. The van der Waals surface area contributed by atoms with Crippen LogP contribution in [0.25, 0.3) is 0 Å². The van der Waals surface area contributed by atoms with Gasteiger partial charge in [0.1, 0.15) is 18.9 Å². The van der Waals surface area contributed by atoms with Gasteiger partial charge in [-0.2, -0.15) is 5.10 Å². The largest absolute Gasteiger partial charge is 0.487 e. The molecule has 0 aromatic heterocycles. The number of esters is 1. The molecule has 1 heterocycles. The highest BCUT2D eigenvalue weighted by Gasteiger charge is 2.19. The zero-order valence-electron chi connectivity index (χ0n) is 10.9. The lowest BCUT2D eigenvalue weighted by Gasteiger charge is -2.12. The average molecular weight is 331 g/mol. The van der Waals surface area contributed by atoms with Crippen LogP contribution in [0.3, 0.4) is 0 Å². The van der Waals surface area contributed by atoms with Crippen molar-refractivity contribution < 1.29 is 19.1 Å². The molecule has 1 aliphatic rings. The van der Waals surface area contributed by atoms with E-state index in [1.165, 1.54) is 0 Å². The number of amides is 1. The molecule has 0 aliphatic carbocycles. The second-order valence-electron chi connectivity index (χ2n) is 4.13. The number of nitrogens with one attached hydrogen (secondary N) is 1. The van der Waals surface area contributed by atoms with Gasteiger partial charge in [-0.25, -0.2) is 10.2 Å². The molecule has 1 aliphatic heterocycles. The predicted molar refractivity (Wildman–Crippen MR) is 77.7 cm³/mol. The molecule has 8 heteroatoms. The van der Waals surface area contributed by atoms with Gasteiger partial charge in [0.15, 0.2) is 5.75 Å². The van der Waals surface area contributed by atoms with Crippen LogP contribution in [0.2, 0.25) is 10.0 Å². The number of hydrogen-bond donors (Lipinski definition) is 1. The summed E-state index contributed by atoms with van der Waals surface area (Å²) in [6.45, 7) is 0.127. The van der Waals surface area contributed by atoms with Crippen LogP contribution in [0.15, 0.2) is 23.3 Å². The van der Waals surface area contributed by atoms with Gasteiger partial charge in [-0.1, -0.05) is 29.3 Å². The van der Waals surface area contributed by atoms with E-state index in [1.807, 2.05) is 0 Å². The molecule has 0 saturated heterocycles. The number of nitrogens with zero attached hydrogens (tertiary/aromatic N) is 1. The summed E-state index contributed by atoms with van der Waals surface area (Å²) in [5.41, 5.74) is 2.41.